The molecule has 0 bridgehead atoms. The van der Waals surface area contributed by atoms with E-state index in [-0.39, 0.29) is 11.5 Å². The topological polar surface area (TPSA) is 29.5 Å². The van der Waals surface area contributed by atoms with Crippen LogP contribution in [0.5, 0.6) is 0 Å². The zero-order valence-electron chi connectivity index (χ0n) is 7.43. The Bertz CT molecular complexity index is 104. The van der Waals surface area contributed by atoms with Gasteiger partial charge in [-0.1, -0.05) is 6.92 Å². The number of alkyl halides is 1. The molecule has 0 aliphatic heterocycles. The molecule has 2 nitrogen and oxygen atoms in total. The molecular formula is C8H17ClO2. The van der Waals surface area contributed by atoms with Crippen LogP contribution >= 0.6 is 11.6 Å². The van der Waals surface area contributed by atoms with E-state index in [1.54, 1.807) is 0 Å². The number of hydrogen-bond acceptors (Lipinski definition) is 2. The van der Waals surface area contributed by atoms with Crippen molar-refractivity contribution in [3.63, 3.8) is 0 Å². The fraction of sp³-hybridized carbons (Fsp3) is 1.00. The first-order valence-electron chi connectivity index (χ1n) is 3.90. The maximum atomic E-state index is 9.06. The summed E-state index contributed by atoms with van der Waals surface area (Å²) in [6, 6.07) is 0. The second kappa shape index (κ2) is 4.96. The van der Waals surface area contributed by atoms with Crippen LogP contribution in [0.1, 0.15) is 27.2 Å². The first-order chi connectivity index (χ1) is 5.02. The van der Waals surface area contributed by atoms with Crippen LogP contribution in [0.4, 0.5) is 0 Å². The number of ether oxygens (including phenoxy) is 1. The third-order valence-electron chi connectivity index (χ3n) is 1.70. The lowest BCUT2D eigenvalue weighted by atomic mass is 10.1. The van der Waals surface area contributed by atoms with Crippen LogP contribution in [0.15, 0.2) is 0 Å². The minimum atomic E-state index is -0.539. The Labute approximate surface area is 73.5 Å². The molecule has 3 heteroatoms. The second-order valence-corrected chi connectivity index (χ2v) is 3.54. The summed E-state index contributed by atoms with van der Waals surface area (Å²) in [7, 11) is 0. The van der Waals surface area contributed by atoms with Gasteiger partial charge >= 0.3 is 0 Å². The van der Waals surface area contributed by atoms with Crippen LogP contribution in [0.2, 0.25) is 0 Å². The largest absolute Gasteiger partial charge is 0.389 e. The van der Waals surface area contributed by atoms with Gasteiger partial charge in [0.2, 0.25) is 0 Å². The van der Waals surface area contributed by atoms with Gasteiger partial charge in [0.1, 0.15) is 0 Å². The number of aliphatic hydroxyl groups is 1. The lowest BCUT2D eigenvalue weighted by Gasteiger charge is -2.24. The molecule has 0 aromatic heterocycles. The van der Waals surface area contributed by atoms with E-state index in [2.05, 4.69) is 0 Å². The van der Waals surface area contributed by atoms with Gasteiger partial charge < -0.3 is 9.84 Å². The average molecular weight is 181 g/mol. The van der Waals surface area contributed by atoms with E-state index in [4.69, 9.17) is 21.4 Å². The molecule has 1 atom stereocenters. The molecule has 0 saturated carbocycles. The maximum Gasteiger partial charge on any atom is 0.0908 e. The zero-order valence-corrected chi connectivity index (χ0v) is 8.19. The van der Waals surface area contributed by atoms with Crippen molar-refractivity contribution >= 4 is 11.6 Å². The van der Waals surface area contributed by atoms with Crippen molar-refractivity contribution in [2.75, 3.05) is 12.5 Å². The van der Waals surface area contributed by atoms with Crippen molar-refractivity contribution in [2.45, 2.75) is 38.9 Å². The SMILES string of the molecule is CCC(C)(C)OCC(O)CCl. The van der Waals surface area contributed by atoms with Crippen LogP contribution < -0.4 is 0 Å². The molecule has 0 radical (unpaired) electrons. The van der Waals surface area contributed by atoms with Crippen LogP contribution in [-0.2, 0) is 4.74 Å². The van der Waals surface area contributed by atoms with Crippen molar-refractivity contribution in [3.8, 4) is 0 Å². The third kappa shape index (κ3) is 5.48. The summed E-state index contributed by atoms with van der Waals surface area (Å²) in [4.78, 5) is 0. The van der Waals surface area contributed by atoms with Gasteiger partial charge in [0, 0.05) is 0 Å². The van der Waals surface area contributed by atoms with Gasteiger partial charge in [-0.3, -0.25) is 0 Å². The average Bonchev–Trinajstić information content (AvgIpc) is 2.00. The molecule has 0 rings (SSSR count). The summed E-state index contributed by atoms with van der Waals surface area (Å²) < 4.78 is 5.40. The molecule has 0 aliphatic carbocycles. The first kappa shape index (κ1) is 11.2. The van der Waals surface area contributed by atoms with Gasteiger partial charge in [-0.05, 0) is 20.3 Å². The predicted molar refractivity (Wildman–Crippen MR) is 47.0 cm³/mol. The highest BCUT2D eigenvalue weighted by Gasteiger charge is 2.16. The Morgan fingerprint density at radius 2 is 2.09 bits per heavy atom. The highest BCUT2D eigenvalue weighted by Crippen LogP contribution is 2.13. The maximum absolute atomic E-state index is 9.06. The fourth-order valence-corrected chi connectivity index (χ4v) is 0.557. The van der Waals surface area contributed by atoms with E-state index in [1.165, 1.54) is 0 Å². The molecule has 0 amide bonds. The molecule has 11 heavy (non-hydrogen) atoms. The number of rotatable bonds is 5. The summed E-state index contributed by atoms with van der Waals surface area (Å²) in [5.74, 6) is 0.236. The highest BCUT2D eigenvalue weighted by molar-refractivity contribution is 6.18. The minimum absolute atomic E-state index is 0.146. The van der Waals surface area contributed by atoms with Gasteiger partial charge in [0.05, 0.1) is 24.2 Å². The molecule has 1 N–H and O–H groups in total. The van der Waals surface area contributed by atoms with Crippen LogP contribution in [0, 0.1) is 0 Å². The van der Waals surface area contributed by atoms with Crippen molar-refractivity contribution in [1.82, 2.24) is 0 Å². The number of aliphatic hydroxyl groups excluding tert-OH is 1. The predicted octanol–water partition coefficient (Wildman–Crippen LogP) is 1.79. The Kier molecular flexibility index (Phi) is 5.06. The molecule has 0 spiro atoms. The summed E-state index contributed by atoms with van der Waals surface area (Å²) in [6.45, 7) is 6.36. The smallest absolute Gasteiger partial charge is 0.0908 e. The molecule has 0 aromatic rings. The normalized spacial score (nSPS) is 15.0. The first-order valence-corrected chi connectivity index (χ1v) is 4.43. The second-order valence-electron chi connectivity index (χ2n) is 3.23. The Morgan fingerprint density at radius 3 is 2.45 bits per heavy atom. The van der Waals surface area contributed by atoms with Crippen LogP contribution in [-0.4, -0.2) is 29.3 Å². The van der Waals surface area contributed by atoms with Gasteiger partial charge in [0.15, 0.2) is 0 Å². The summed E-state index contributed by atoms with van der Waals surface area (Å²) in [6.07, 6.45) is 0.393. The van der Waals surface area contributed by atoms with Crippen molar-refractivity contribution < 1.29 is 9.84 Å². The van der Waals surface area contributed by atoms with Crippen LogP contribution in [0.25, 0.3) is 0 Å². The third-order valence-corrected chi connectivity index (χ3v) is 2.05. The van der Waals surface area contributed by atoms with E-state index in [0.717, 1.165) is 6.42 Å². The molecule has 0 fully saturated rings. The van der Waals surface area contributed by atoms with E-state index < -0.39 is 6.10 Å². The van der Waals surface area contributed by atoms with E-state index in [0.29, 0.717) is 6.61 Å². The van der Waals surface area contributed by atoms with E-state index >= 15 is 0 Å². The van der Waals surface area contributed by atoms with Gasteiger partial charge in [-0.25, -0.2) is 0 Å². The highest BCUT2D eigenvalue weighted by atomic mass is 35.5. The zero-order chi connectivity index (χ0) is 8.91. The van der Waals surface area contributed by atoms with E-state index in [9.17, 15) is 0 Å². The summed E-state index contributed by atoms with van der Waals surface area (Å²) >= 11 is 5.39. The minimum Gasteiger partial charge on any atom is -0.389 e. The standard InChI is InChI=1S/C8H17ClO2/c1-4-8(2,3)11-6-7(10)5-9/h7,10H,4-6H2,1-3H3. The Balaban J connectivity index is 3.52. The van der Waals surface area contributed by atoms with E-state index in [1.807, 2.05) is 20.8 Å². The number of hydrogen-bond donors (Lipinski definition) is 1. The van der Waals surface area contributed by atoms with Gasteiger partial charge in [-0.2, -0.15) is 0 Å². The lowest BCUT2D eigenvalue weighted by molar-refractivity contribution is -0.0555. The molecule has 0 aromatic carbocycles. The monoisotopic (exact) mass is 180 g/mol. The number of halogens is 1. The summed E-state index contributed by atoms with van der Waals surface area (Å²) in [5.41, 5.74) is -0.146. The Hall–Kier alpha value is 0.210. The van der Waals surface area contributed by atoms with Gasteiger partial charge in [-0.15, -0.1) is 11.6 Å². The molecule has 0 heterocycles. The molecule has 68 valence electrons. The Morgan fingerprint density at radius 1 is 1.55 bits per heavy atom. The lowest BCUT2D eigenvalue weighted by Crippen LogP contribution is -2.29. The molecular weight excluding hydrogens is 164 g/mol. The van der Waals surface area contributed by atoms with Crippen molar-refractivity contribution in [3.05, 3.63) is 0 Å². The molecule has 1 unspecified atom stereocenters. The molecule has 0 aliphatic rings. The fourth-order valence-electron chi connectivity index (χ4n) is 0.468. The van der Waals surface area contributed by atoms with Crippen LogP contribution in [0.3, 0.4) is 0 Å². The summed E-state index contributed by atoms with van der Waals surface area (Å²) in [5, 5.41) is 9.06. The van der Waals surface area contributed by atoms with Gasteiger partial charge in [0.25, 0.3) is 0 Å². The molecule has 0 saturated heterocycles. The quantitative estimate of drug-likeness (QED) is 0.654. The van der Waals surface area contributed by atoms with Crippen molar-refractivity contribution in [2.24, 2.45) is 0 Å². The van der Waals surface area contributed by atoms with Crippen molar-refractivity contribution in [1.29, 1.82) is 0 Å².